The standard InChI is InChI=1S/C8H11NOS/c1-9-8(10)6-4-2-3-5-7(6)11-9/h2-5H2,1H3. The molecule has 1 aromatic heterocycles. The number of fused-ring (bicyclic) bond motifs is 1. The molecule has 1 aliphatic carbocycles. The third kappa shape index (κ3) is 1.03. The van der Waals surface area contributed by atoms with E-state index in [9.17, 15) is 4.79 Å². The van der Waals surface area contributed by atoms with Crippen molar-refractivity contribution in [1.29, 1.82) is 0 Å². The molecule has 3 heteroatoms. The summed E-state index contributed by atoms with van der Waals surface area (Å²) in [6.45, 7) is 0. The monoisotopic (exact) mass is 169 g/mol. The molecule has 2 rings (SSSR count). The summed E-state index contributed by atoms with van der Waals surface area (Å²) in [5, 5.41) is 0. The molecule has 0 atom stereocenters. The molecule has 0 aliphatic heterocycles. The topological polar surface area (TPSA) is 22.0 Å². The second-order valence-electron chi connectivity index (χ2n) is 3.00. The molecule has 0 N–H and O–H groups in total. The first-order chi connectivity index (χ1) is 5.29. The second-order valence-corrected chi connectivity index (χ2v) is 4.23. The molecule has 1 heterocycles. The van der Waals surface area contributed by atoms with Crippen molar-refractivity contribution in [3.05, 3.63) is 20.8 Å². The van der Waals surface area contributed by atoms with Gasteiger partial charge >= 0.3 is 0 Å². The molecule has 0 spiro atoms. The highest BCUT2D eigenvalue weighted by atomic mass is 32.1. The molecule has 0 unspecified atom stereocenters. The normalized spacial score (nSPS) is 16.5. The fourth-order valence-electron chi connectivity index (χ4n) is 1.60. The minimum absolute atomic E-state index is 0.240. The quantitative estimate of drug-likeness (QED) is 0.574. The molecule has 1 aliphatic rings. The van der Waals surface area contributed by atoms with E-state index in [4.69, 9.17) is 0 Å². The van der Waals surface area contributed by atoms with Crippen molar-refractivity contribution < 1.29 is 0 Å². The Bertz CT molecular complexity index is 323. The van der Waals surface area contributed by atoms with Crippen LogP contribution in [0.4, 0.5) is 0 Å². The van der Waals surface area contributed by atoms with Crippen LogP contribution in [0.3, 0.4) is 0 Å². The number of hydrogen-bond donors (Lipinski definition) is 0. The van der Waals surface area contributed by atoms with Crippen molar-refractivity contribution in [3.8, 4) is 0 Å². The molecule has 0 radical (unpaired) electrons. The lowest BCUT2D eigenvalue weighted by molar-refractivity contribution is 0.690. The average Bonchev–Trinajstić information content (AvgIpc) is 2.30. The van der Waals surface area contributed by atoms with Crippen LogP contribution in [-0.4, -0.2) is 3.96 Å². The van der Waals surface area contributed by atoms with E-state index in [0.29, 0.717) is 0 Å². The van der Waals surface area contributed by atoms with Gasteiger partial charge in [0.05, 0.1) is 0 Å². The molecule has 0 amide bonds. The van der Waals surface area contributed by atoms with Gasteiger partial charge in [0.1, 0.15) is 0 Å². The Morgan fingerprint density at radius 3 is 2.82 bits per heavy atom. The zero-order valence-electron chi connectivity index (χ0n) is 6.59. The number of aromatic nitrogens is 1. The van der Waals surface area contributed by atoms with Gasteiger partial charge in [0.25, 0.3) is 5.56 Å². The van der Waals surface area contributed by atoms with Gasteiger partial charge in [-0.25, -0.2) is 0 Å². The SMILES string of the molecule is Cn1sc2c(c1=O)CCCC2. The van der Waals surface area contributed by atoms with E-state index in [1.165, 1.54) is 17.7 Å². The van der Waals surface area contributed by atoms with E-state index in [1.54, 1.807) is 15.5 Å². The van der Waals surface area contributed by atoms with Crippen molar-refractivity contribution in [2.24, 2.45) is 7.05 Å². The van der Waals surface area contributed by atoms with Crippen LogP contribution in [0.15, 0.2) is 4.79 Å². The van der Waals surface area contributed by atoms with Gasteiger partial charge in [0.15, 0.2) is 0 Å². The predicted molar refractivity (Wildman–Crippen MR) is 46.2 cm³/mol. The summed E-state index contributed by atoms with van der Waals surface area (Å²) in [4.78, 5) is 12.7. The number of nitrogens with zero attached hydrogens (tertiary/aromatic N) is 1. The first kappa shape index (κ1) is 7.10. The Hall–Kier alpha value is -0.570. The van der Waals surface area contributed by atoms with Crippen LogP contribution in [0, 0.1) is 0 Å². The maximum absolute atomic E-state index is 11.4. The number of hydrogen-bond acceptors (Lipinski definition) is 2. The van der Waals surface area contributed by atoms with Crippen molar-refractivity contribution in [2.45, 2.75) is 25.7 Å². The number of rotatable bonds is 0. The van der Waals surface area contributed by atoms with Gasteiger partial charge in [-0.3, -0.25) is 8.75 Å². The summed E-state index contributed by atoms with van der Waals surface area (Å²) < 4.78 is 1.75. The van der Waals surface area contributed by atoms with Gasteiger partial charge in [0, 0.05) is 17.5 Å². The van der Waals surface area contributed by atoms with Crippen molar-refractivity contribution >= 4 is 11.5 Å². The lowest BCUT2D eigenvalue weighted by Gasteiger charge is -2.06. The van der Waals surface area contributed by atoms with Crippen LogP contribution < -0.4 is 5.56 Å². The second kappa shape index (κ2) is 2.48. The Kier molecular flexibility index (Phi) is 1.60. The van der Waals surface area contributed by atoms with E-state index >= 15 is 0 Å². The van der Waals surface area contributed by atoms with Crippen molar-refractivity contribution in [1.82, 2.24) is 3.96 Å². The highest BCUT2D eigenvalue weighted by Crippen LogP contribution is 2.21. The maximum Gasteiger partial charge on any atom is 0.263 e. The average molecular weight is 169 g/mol. The Balaban J connectivity index is 2.59. The molecule has 0 bridgehead atoms. The first-order valence-corrected chi connectivity index (χ1v) is 4.74. The van der Waals surface area contributed by atoms with E-state index in [0.717, 1.165) is 18.4 Å². The Morgan fingerprint density at radius 2 is 2.09 bits per heavy atom. The molecule has 11 heavy (non-hydrogen) atoms. The fraction of sp³-hybridized carbons (Fsp3) is 0.625. The molecule has 0 saturated carbocycles. The molecule has 1 aromatic rings. The summed E-state index contributed by atoms with van der Waals surface area (Å²) in [5.74, 6) is 0. The van der Waals surface area contributed by atoms with E-state index < -0.39 is 0 Å². The van der Waals surface area contributed by atoms with Gasteiger partial charge in [-0.05, 0) is 25.7 Å². The van der Waals surface area contributed by atoms with Gasteiger partial charge in [-0.15, -0.1) is 0 Å². The van der Waals surface area contributed by atoms with E-state index in [2.05, 4.69) is 0 Å². The van der Waals surface area contributed by atoms with Crippen LogP contribution in [0.1, 0.15) is 23.3 Å². The van der Waals surface area contributed by atoms with Crippen LogP contribution >= 0.6 is 11.5 Å². The summed E-state index contributed by atoms with van der Waals surface area (Å²) in [6.07, 6.45) is 4.58. The Morgan fingerprint density at radius 1 is 1.36 bits per heavy atom. The third-order valence-electron chi connectivity index (χ3n) is 2.21. The number of aryl methyl sites for hydroxylation is 2. The van der Waals surface area contributed by atoms with Gasteiger partial charge in [-0.1, -0.05) is 11.5 Å². The summed E-state index contributed by atoms with van der Waals surface area (Å²) in [7, 11) is 1.85. The van der Waals surface area contributed by atoms with Gasteiger partial charge in [-0.2, -0.15) is 0 Å². The largest absolute Gasteiger partial charge is 0.268 e. The van der Waals surface area contributed by atoms with Crippen molar-refractivity contribution in [3.63, 3.8) is 0 Å². The summed E-state index contributed by atoms with van der Waals surface area (Å²) >= 11 is 1.62. The van der Waals surface area contributed by atoms with Crippen LogP contribution in [0.2, 0.25) is 0 Å². The Labute approximate surface area is 69.6 Å². The van der Waals surface area contributed by atoms with Gasteiger partial charge < -0.3 is 0 Å². The molecular weight excluding hydrogens is 158 g/mol. The molecular formula is C8H11NOS. The zero-order chi connectivity index (χ0) is 7.84. The maximum atomic E-state index is 11.4. The predicted octanol–water partition coefficient (Wildman–Crippen LogP) is 1.33. The minimum atomic E-state index is 0.240. The van der Waals surface area contributed by atoms with E-state index in [1.807, 2.05) is 7.05 Å². The highest BCUT2D eigenvalue weighted by molar-refractivity contribution is 7.06. The van der Waals surface area contributed by atoms with Gasteiger partial charge in [0.2, 0.25) is 0 Å². The molecule has 2 nitrogen and oxygen atoms in total. The van der Waals surface area contributed by atoms with Crippen LogP contribution in [0.5, 0.6) is 0 Å². The lowest BCUT2D eigenvalue weighted by atomic mass is 10.00. The highest BCUT2D eigenvalue weighted by Gasteiger charge is 2.15. The molecule has 0 saturated heterocycles. The van der Waals surface area contributed by atoms with E-state index in [-0.39, 0.29) is 5.56 Å². The minimum Gasteiger partial charge on any atom is -0.268 e. The summed E-state index contributed by atoms with van der Waals surface area (Å²) in [5.41, 5.74) is 1.33. The summed E-state index contributed by atoms with van der Waals surface area (Å²) in [6, 6.07) is 0. The van der Waals surface area contributed by atoms with Crippen LogP contribution in [-0.2, 0) is 19.9 Å². The first-order valence-electron chi connectivity index (χ1n) is 3.97. The van der Waals surface area contributed by atoms with Crippen molar-refractivity contribution in [2.75, 3.05) is 0 Å². The lowest BCUT2D eigenvalue weighted by Crippen LogP contribution is -2.15. The molecule has 0 aromatic carbocycles. The molecule has 0 fully saturated rings. The zero-order valence-corrected chi connectivity index (χ0v) is 7.41. The smallest absolute Gasteiger partial charge is 0.263 e. The third-order valence-corrected chi connectivity index (χ3v) is 3.32. The van der Waals surface area contributed by atoms with Crippen LogP contribution in [0.25, 0.3) is 0 Å². The fourth-order valence-corrected chi connectivity index (χ4v) is 2.66. The molecule has 60 valence electrons.